The first-order chi connectivity index (χ1) is 19.2. The van der Waals surface area contributed by atoms with Crippen molar-refractivity contribution in [3.05, 3.63) is 108 Å². The van der Waals surface area contributed by atoms with Gasteiger partial charge in [-0.2, -0.15) is 0 Å². The summed E-state index contributed by atoms with van der Waals surface area (Å²) in [5.41, 5.74) is 10.3. The molecule has 3 N–H and O–H groups in total. The number of ether oxygens (including phenoxy) is 1. The highest BCUT2D eigenvalue weighted by Crippen LogP contribution is 2.30. The van der Waals surface area contributed by atoms with Gasteiger partial charge in [-0.3, -0.25) is 0 Å². The number of hydrogen-bond acceptors (Lipinski definition) is 5. The number of nitrogens with one attached hydrogen (secondary N) is 1. The second-order valence-electron chi connectivity index (χ2n) is 10.5. The molecule has 39 heavy (non-hydrogen) atoms. The molecule has 0 amide bonds. The topological polar surface area (TPSA) is 73.1 Å². The van der Waals surface area contributed by atoms with Crippen LogP contribution in [0.4, 0.5) is 5.82 Å². The molecule has 1 fully saturated rings. The van der Waals surface area contributed by atoms with Crippen LogP contribution in [-0.2, 0) is 13.0 Å². The fraction of sp³-hybridized carbons (Fsp3) is 0.294. The summed E-state index contributed by atoms with van der Waals surface area (Å²) in [6.45, 7) is 6.14. The van der Waals surface area contributed by atoms with E-state index in [1.165, 1.54) is 31.2 Å². The molecule has 0 aliphatic heterocycles. The van der Waals surface area contributed by atoms with E-state index < -0.39 is 0 Å². The number of benzene rings is 3. The average Bonchev–Trinajstić information content (AvgIpc) is 2.99. The van der Waals surface area contributed by atoms with Gasteiger partial charge in [0.1, 0.15) is 18.2 Å². The second kappa shape index (κ2) is 13.2. The van der Waals surface area contributed by atoms with Crippen molar-refractivity contribution in [3.63, 3.8) is 0 Å². The molecule has 5 rings (SSSR count). The van der Waals surface area contributed by atoms with E-state index in [1.54, 1.807) is 0 Å². The summed E-state index contributed by atoms with van der Waals surface area (Å²) < 4.78 is 5.92. The van der Waals surface area contributed by atoms with Crippen LogP contribution in [0.2, 0.25) is 0 Å². The van der Waals surface area contributed by atoms with Crippen molar-refractivity contribution in [1.82, 2.24) is 9.97 Å². The number of rotatable bonds is 11. The molecule has 0 spiro atoms. The van der Waals surface area contributed by atoms with Crippen molar-refractivity contribution in [3.8, 4) is 5.75 Å². The summed E-state index contributed by atoms with van der Waals surface area (Å²) in [7, 11) is 0. The predicted octanol–water partition coefficient (Wildman–Crippen LogP) is 7.28. The molecule has 1 heterocycles. The van der Waals surface area contributed by atoms with Gasteiger partial charge in [0.05, 0.1) is 5.52 Å². The lowest BCUT2D eigenvalue weighted by Crippen LogP contribution is -2.26. The van der Waals surface area contributed by atoms with E-state index in [2.05, 4.69) is 54.4 Å². The van der Waals surface area contributed by atoms with Gasteiger partial charge >= 0.3 is 0 Å². The zero-order valence-electron chi connectivity index (χ0n) is 22.6. The van der Waals surface area contributed by atoms with Crippen molar-refractivity contribution in [1.29, 1.82) is 0 Å². The summed E-state index contributed by atoms with van der Waals surface area (Å²) in [6.07, 6.45) is 11.7. The minimum atomic E-state index is 0.555. The van der Waals surface area contributed by atoms with Crippen LogP contribution in [0.5, 0.6) is 5.75 Å². The molecule has 3 aromatic carbocycles. The number of fused-ring (bicyclic) bond motifs is 1. The lowest BCUT2D eigenvalue weighted by Gasteiger charge is -2.28. The first-order valence-electron chi connectivity index (χ1n) is 14.0. The van der Waals surface area contributed by atoms with Crippen LogP contribution in [0.25, 0.3) is 23.1 Å². The number of anilines is 1. The molecular weight excluding hydrogens is 480 g/mol. The SMILES string of the molecule is C=CCc1ccc2nc(C=Cc3ccc(OCc4ccccc4)cc3)nc(NCC3CCCC(CN)C3)c2c1. The van der Waals surface area contributed by atoms with Crippen molar-refractivity contribution < 1.29 is 4.74 Å². The Hall–Kier alpha value is -3.96. The van der Waals surface area contributed by atoms with Crippen LogP contribution < -0.4 is 15.8 Å². The molecule has 2 atom stereocenters. The summed E-state index contributed by atoms with van der Waals surface area (Å²) in [6, 6.07) is 24.7. The molecule has 1 aliphatic carbocycles. The molecule has 1 saturated carbocycles. The van der Waals surface area contributed by atoms with Crippen LogP contribution in [-0.4, -0.2) is 23.1 Å². The van der Waals surface area contributed by atoms with Gasteiger partial charge in [0.2, 0.25) is 0 Å². The van der Waals surface area contributed by atoms with Gasteiger partial charge < -0.3 is 15.8 Å². The van der Waals surface area contributed by atoms with Crippen LogP contribution in [0.15, 0.2) is 85.5 Å². The normalized spacial score (nSPS) is 17.4. The Morgan fingerprint density at radius 2 is 1.74 bits per heavy atom. The van der Waals surface area contributed by atoms with Gasteiger partial charge in [0, 0.05) is 11.9 Å². The van der Waals surface area contributed by atoms with Crippen molar-refractivity contribution >= 4 is 28.9 Å². The van der Waals surface area contributed by atoms with Gasteiger partial charge in [0.15, 0.2) is 5.82 Å². The Kier molecular flexibility index (Phi) is 9.02. The number of aromatic nitrogens is 2. The number of hydrogen-bond donors (Lipinski definition) is 2. The number of nitrogens with two attached hydrogens (primary N) is 1. The largest absolute Gasteiger partial charge is 0.489 e. The van der Waals surface area contributed by atoms with Gasteiger partial charge in [-0.05, 0) is 91.1 Å². The van der Waals surface area contributed by atoms with E-state index in [0.29, 0.717) is 24.3 Å². The molecule has 4 aromatic rings. The zero-order valence-corrected chi connectivity index (χ0v) is 22.6. The van der Waals surface area contributed by atoms with Crippen LogP contribution >= 0.6 is 0 Å². The van der Waals surface area contributed by atoms with Gasteiger partial charge in [-0.1, -0.05) is 67.1 Å². The minimum Gasteiger partial charge on any atom is -0.489 e. The zero-order chi connectivity index (χ0) is 26.9. The Balaban J connectivity index is 1.31. The van der Waals surface area contributed by atoms with E-state index in [9.17, 15) is 0 Å². The number of allylic oxidation sites excluding steroid dienone is 1. The highest BCUT2D eigenvalue weighted by atomic mass is 16.5. The fourth-order valence-electron chi connectivity index (χ4n) is 5.33. The Labute approximate surface area is 231 Å². The number of nitrogens with zero attached hydrogens (tertiary/aromatic N) is 2. The van der Waals surface area contributed by atoms with E-state index in [1.807, 2.05) is 48.6 Å². The highest BCUT2D eigenvalue weighted by molar-refractivity contribution is 5.90. The maximum Gasteiger partial charge on any atom is 0.154 e. The minimum absolute atomic E-state index is 0.555. The average molecular weight is 519 g/mol. The third-order valence-electron chi connectivity index (χ3n) is 7.49. The second-order valence-corrected chi connectivity index (χ2v) is 10.5. The molecule has 5 heteroatoms. The maximum absolute atomic E-state index is 5.98. The Morgan fingerprint density at radius 1 is 0.923 bits per heavy atom. The lowest BCUT2D eigenvalue weighted by molar-refractivity contribution is 0.281. The monoisotopic (exact) mass is 518 g/mol. The van der Waals surface area contributed by atoms with Gasteiger partial charge in [-0.25, -0.2) is 9.97 Å². The Morgan fingerprint density at radius 3 is 2.54 bits per heavy atom. The first-order valence-corrected chi connectivity index (χ1v) is 14.0. The standard InChI is InChI=1S/C34H38N4O/c1-2-7-26-14-18-32-31(21-26)34(36-23-29-11-6-10-28(20-29)22-35)38-33(37-32)19-15-25-12-16-30(17-13-25)39-24-27-8-4-3-5-9-27/h2-5,8-9,12-19,21,28-29H,1,6-7,10-11,20,22-24,35H2,(H,36,37,38). The summed E-state index contributed by atoms with van der Waals surface area (Å²) in [5.74, 6) is 3.69. The van der Waals surface area contributed by atoms with E-state index in [-0.39, 0.29) is 0 Å². The van der Waals surface area contributed by atoms with Gasteiger partial charge in [-0.15, -0.1) is 6.58 Å². The van der Waals surface area contributed by atoms with Crippen molar-refractivity contribution in [2.45, 2.75) is 38.7 Å². The highest BCUT2D eigenvalue weighted by Gasteiger charge is 2.21. The molecular formula is C34H38N4O. The molecule has 1 aromatic heterocycles. The molecule has 5 nitrogen and oxygen atoms in total. The summed E-state index contributed by atoms with van der Waals surface area (Å²) >= 11 is 0. The molecule has 200 valence electrons. The molecule has 0 bridgehead atoms. The third-order valence-corrected chi connectivity index (χ3v) is 7.49. The Bertz CT molecular complexity index is 1400. The van der Waals surface area contributed by atoms with E-state index >= 15 is 0 Å². The first kappa shape index (κ1) is 26.6. The molecule has 0 radical (unpaired) electrons. The van der Waals surface area contributed by atoms with E-state index in [4.69, 9.17) is 20.4 Å². The van der Waals surface area contributed by atoms with Crippen molar-refractivity contribution in [2.75, 3.05) is 18.4 Å². The quantitative estimate of drug-likeness (QED) is 0.204. The molecule has 0 saturated heterocycles. The lowest BCUT2D eigenvalue weighted by atomic mass is 9.81. The molecule has 2 unspecified atom stereocenters. The third kappa shape index (κ3) is 7.33. The maximum atomic E-state index is 5.98. The van der Waals surface area contributed by atoms with Crippen LogP contribution in [0.1, 0.15) is 48.2 Å². The van der Waals surface area contributed by atoms with Gasteiger partial charge in [0.25, 0.3) is 0 Å². The summed E-state index contributed by atoms with van der Waals surface area (Å²) in [5, 5.41) is 4.73. The smallest absolute Gasteiger partial charge is 0.154 e. The predicted molar refractivity (Wildman–Crippen MR) is 163 cm³/mol. The molecule has 1 aliphatic rings. The fourth-order valence-corrected chi connectivity index (χ4v) is 5.33. The van der Waals surface area contributed by atoms with Crippen LogP contribution in [0, 0.1) is 11.8 Å². The van der Waals surface area contributed by atoms with E-state index in [0.717, 1.165) is 53.1 Å². The van der Waals surface area contributed by atoms with Crippen LogP contribution in [0.3, 0.4) is 0 Å². The van der Waals surface area contributed by atoms with Crippen molar-refractivity contribution in [2.24, 2.45) is 17.6 Å². The summed E-state index contributed by atoms with van der Waals surface area (Å²) in [4.78, 5) is 9.78.